The molecule has 39 heavy (non-hydrogen) atoms. The van der Waals surface area contributed by atoms with Crippen LogP contribution in [-0.2, 0) is 10.2 Å². The highest BCUT2D eigenvalue weighted by Crippen LogP contribution is 2.38. The molecule has 2 aliphatic rings. The summed E-state index contributed by atoms with van der Waals surface area (Å²) in [6.45, 7) is 2.04. The number of anilines is 2. The smallest absolute Gasteiger partial charge is 0.274 e. The number of hydrogen-bond acceptors (Lipinski definition) is 9. The number of rotatable bonds is 6. The molecule has 4 atom stereocenters. The van der Waals surface area contributed by atoms with Gasteiger partial charge in [0.05, 0.1) is 23.1 Å². The molecule has 11 nitrogen and oxygen atoms in total. The molecule has 1 aliphatic carbocycles. The van der Waals surface area contributed by atoms with E-state index in [2.05, 4.69) is 43.6 Å². The number of aliphatic hydroxyl groups excluding tert-OH is 2. The Hall–Kier alpha value is -2.86. The van der Waals surface area contributed by atoms with Crippen molar-refractivity contribution in [2.45, 2.75) is 48.8 Å². The largest absolute Gasteiger partial charge is 0.390 e. The van der Waals surface area contributed by atoms with Gasteiger partial charge in [-0.2, -0.15) is 8.42 Å². The minimum absolute atomic E-state index is 0.0958. The first-order chi connectivity index (χ1) is 18.7. The predicted octanol–water partition coefficient (Wildman–Crippen LogP) is 1.20. The van der Waals surface area contributed by atoms with E-state index in [9.17, 15) is 18.6 Å². The molecule has 3 aromatic rings. The van der Waals surface area contributed by atoms with Gasteiger partial charge in [-0.3, -0.25) is 0 Å². The molecule has 1 aliphatic heterocycles. The van der Waals surface area contributed by atoms with Crippen LogP contribution in [0.15, 0.2) is 35.6 Å². The van der Waals surface area contributed by atoms with E-state index >= 15 is 0 Å². The highest BCUT2D eigenvalue weighted by atomic mass is 32.2. The van der Waals surface area contributed by atoms with Gasteiger partial charge in [-0.1, -0.05) is 11.8 Å². The summed E-state index contributed by atoms with van der Waals surface area (Å²) >= 11 is 1.65. The molecular weight excluding hydrogens is 538 g/mol. The fraction of sp³-hybridized carbons (Fsp3) is 0.462. The Morgan fingerprint density at radius 1 is 1.13 bits per heavy atom. The predicted molar refractivity (Wildman–Crippen MR) is 152 cm³/mol. The number of fused-ring (bicyclic) bond motifs is 1. The standard InChI is InChI=1S/C26H33N7O4S2/c1-38-21-12-19(32-9-3-2-4-10-32)8-7-16(21)5-6-17-14-33(26-22(17)25(27)29-15-30-26)20-11-18(23(34)24(20)35)13-31-39(28,36)37/h7-8,12,14-15,18,20,23-24,31,34-35H,2-4,9-11,13H2,1H3,(H2,27,29,30)(H2,28,36,37)/t18-,20-,23-,24+/m1/s1. The van der Waals surface area contributed by atoms with E-state index in [-0.39, 0.29) is 12.4 Å². The van der Waals surface area contributed by atoms with Crippen molar-refractivity contribution in [3.05, 3.63) is 41.9 Å². The van der Waals surface area contributed by atoms with Gasteiger partial charge < -0.3 is 25.4 Å². The number of piperidine rings is 1. The van der Waals surface area contributed by atoms with Crippen LogP contribution >= 0.6 is 11.8 Å². The van der Waals surface area contributed by atoms with Gasteiger partial charge in [0, 0.05) is 47.9 Å². The number of nitrogen functional groups attached to an aromatic ring is 1. The molecule has 1 saturated carbocycles. The molecule has 3 heterocycles. The Balaban J connectivity index is 1.47. The van der Waals surface area contributed by atoms with Crippen molar-refractivity contribution in [3.8, 4) is 11.8 Å². The minimum Gasteiger partial charge on any atom is -0.390 e. The maximum Gasteiger partial charge on any atom is 0.274 e. The van der Waals surface area contributed by atoms with Crippen LogP contribution in [-0.4, -0.2) is 71.3 Å². The van der Waals surface area contributed by atoms with Crippen LogP contribution in [0.25, 0.3) is 11.0 Å². The highest BCUT2D eigenvalue weighted by Gasteiger charge is 2.43. The third kappa shape index (κ3) is 5.86. The molecule has 2 aromatic heterocycles. The number of nitrogens with two attached hydrogens (primary N) is 2. The normalized spacial score (nSPS) is 23.6. The lowest BCUT2D eigenvalue weighted by atomic mass is 10.1. The summed E-state index contributed by atoms with van der Waals surface area (Å²) in [4.78, 5) is 12.0. The Bertz CT molecular complexity index is 1530. The number of hydrogen-bond donors (Lipinski definition) is 5. The van der Waals surface area contributed by atoms with Crippen LogP contribution in [0.2, 0.25) is 0 Å². The van der Waals surface area contributed by atoms with Gasteiger partial charge in [0.1, 0.15) is 23.9 Å². The van der Waals surface area contributed by atoms with Crippen molar-refractivity contribution >= 4 is 44.5 Å². The van der Waals surface area contributed by atoms with Crippen molar-refractivity contribution < 1.29 is 18.6 Å². The maximum atomic E-state index is 11.3. The lowest BCUT2D eigenvalue weighted by Crippen LogP contribution is -2.38. The first-order valence-corrected chi connectivity index (χ1v) is 15.6. The summed E-state index contributed by atoms with van der Waals surface area (Å²) in [6, 6.07) is 5.77. The molecule has 5 rings (SSSR count). The van der Waals surface area contributed by atoms with Crippen molar-refractivity contribution in [3.63, 3.8) is 0 Å². The molecule has 0 unspecified atom stereocenters. The molecule has 13 heteroatoms. The fourth-order valence-electron chi connectivity index (χ4n) is 5.52. The third-order valence-corrected chi connectivity index (χ3v) is 8.90. The van der Waals surface area contributed by atoms with Gasteiger partial charge in [-0.15, -0.1) is 11.8 Å². The number of nitrogens with zero attached hydrogens (tertiary/aromatic N) is 4. The van der Waals surface area contributed by atoms with Gasteiger partial charge >= 0.3 is 0 Å². The zero-order valence-electron chi connectivity index (χ0n) is 21.6. The van der Waals surface area contributed by atoms with E-state index in [0.29, 0.717) is 23.0 Å². The number of aliphatic hydroxyl groups is 2. The van der Waals surface area contributed by atoms with E-state index < -0.39 is 34.4 Å². The molecule has 1 aromatic carbocycles. The fourth-order valence-corrected chi connectivity index (χ4v) is 6.55. The summed E-state index contributed by atoms with van der Waals surface area (Å²) in [5.41, 5.74) is 9.42. The number of benzene rings is 1. The van der Waals surface area contributed by atoms with Gasteiger partial charge in [0.2, 0.25) is 0 Å². The van der Waals surface area contributed by atoms with Gasteiger partial charge in [0.25, 0.3) is 10.2 Å². The lowest BCUT2D eigenvalue weighted by molar-refractivity contribution is 0.00769. The number of nitrogens with one attached hydrogen (secondary N) is 1. The number of thioether (sulfide) groups is 1. The van der Waals surface area contributed by atoms with E-state index in [1.165, 1.54) is 31.3 Å². The molecule has 2 fully saturated rings. The van der Waals surface area contributed by atoms with Gasteiger partial charge in [-0.05, 0) is 50.1 Å². The van der Waals surface area contributed by atoms with E-state index in [4.69, 9.17) is 10.9 Å². The van der Waals surface area contributed by atoms with Crippen LogP contribution in [0.5, 0.6) is 0 Å². The summed E-state index contributed by atoms with van der Waals surface area (Å²) < 4.78 is 26.6. The van der Waals surface area contributed by atoms with Crippen molar-refractivity contribution in [2.24, 2.45) is 11.1 Å². The lowest BCUT2D eigenvalue weighted by Gasteiger charge is -2.29. The van der Waals surface area contributed by atoms with Gasteiger partial charge in [-0.25, -0.2) is 19.8 Å². The molecule has 0 amide bonds. The van der Waals surface area contributed by atoms with E-state index in [1.807, 2.05) is 12.3 Å². The maximum absolute atomic E-state index is 11.3. The summed E-state index contributed by atoms with van der Waals surface area (Å²) in [5, 5.41) is 27.1. The molecule has 1 saturated heterocycles. The molecular formula is C26H33N7O4S2. The Morgan fingerprint density at radius 3 is 2.59 bits per heavy atom. The number of aromatic nitrogens is 3. The van der Waals surface area contributed by atoms with E-state index in [0.717, 1.165) is 23.5 Å². The zero-order chi connectivity index (χ0) is 27.7. The average Bonchev–Trinajstić information content (AvgIpc) is 3.43. The monoisotopic (exact) mass is 571 g/mol. The summed E-state index contributed by atoms with van der Waals surface area (Å²) in [7, 11) is -3.93. The summed E-state index contributed by atoms with van der Waals surface area (Å²) in [6.07, 6.45) is 6.81. The van der Waals surface area contributed by atoms with Gasteiger partial charge in [0.15, 0.2) is 0 Å². The van der Waals surface area contributed by atoms with Crippen molar-refractivity contribution in [2.75, 3.05) is 36.5 Å². The zero-order valence-corrected chi connectivity index (χ0v) is 23.2. The third-order valence-electron chi connectivity index (χ3n) is 7.55. The van der Waals surface area contributed by atoms with Crippen LogP contribution in [0, 0.1) is 17.8 Å². The van der Waals surface area contributed by atoms with Crippen LogP contribution in [0.3, 0.4) is 0 Å². The first kappa shape index (κ1) is 27.7. The highest BCUT2D eigenvalue weighted by molar-refractivity contribution is 7.98. The van der Waals surface area contributed by atoms with Crippen molar-refractivity contribution in [1.29, 1.82) is 0 Å². The molecule has 0 spiro atoms. The molecule has 7 N–H and O–H groups in total. The quantitative estimate of drug-likeness (QED) is 0.215. The summed E-state index contributed by atoms with van der Waals surface area (Å²) in [5.74, 6) is 6.23. The second-order valence-corrected chi connectivity index (χ2v) is 12.3. The Kier molecular flexibility index (Phi) is 8.04. The van der Waals surface area contributed by atoms with Crippen molar-refractivity contribution in [1.82, 2.24) is 19.3 Å². The Labute approximate surface area is 232 Å². The second-order valence-electron chi connectivity index (χ2n) is 10.0. The average molecular weight is 572 g/mol. The van der Waals surface area contributed by atoms with Crippen LogP contribution in [0.1, 0.15) is 42.9 Å². The Morgan fingerprint density at radius 2 is 1.87 bits per heavy atom. The topological polar surface area (TPSA) is 173 Å². The SMILES string of the molecule is CSc1cc(N2CCCCC2)ccc1C#Cc1cn([C@@H]2C[C@H](CNS(N)(=O)=O)[C@@H](O)[C@H]2O)c2ncnc(N)c12. The molecule has 208 valence electrons. The van der Waals surface area contributed by atoms with Crippen LogP contribution in [0.4, 0.5) is 11.5 Å². The van der Waals surface area contributed by atoms with Crippen LogP contribution < -0.4 is 20.5 Å². The van der Waals surface area contributed by atoms with E-state index in [1.54, 1.807) is 22.5 Å². The minimum atomic E-state index is -3.93. The second kappa shape index (κ2) is 11.3. The molecule has 0 bridgehead atoms. The molecule has 0 radical (unpaired) electrons. The first-order valence-electron chi connectivity index (χ1n) is 12.9.